The maximum Gasteiger partial charge on any atom is 0.344 e. The summed E-state index contributed by atoms with van der Waals surface area (Å²) in [5.41, 5.74) is 2.69. The molecule has 0 saturated carbocycles. The van der Waals surface area contributed by atoms with Crippen LogP contribution >= 0.6 is 11.8 Å². The van der Waals surface area contributed by atoms with Crippen molar-refractivity contribution in [3.05, 3.63) is 42.1 Å². The van der Waals surface area contributed by atoms with E-state index in [0.717, 1.165) is 17.0 Å². The van der Waals surface area contributed by atoms with Crippen LogP contribution in [0.4, 0.5) is 0 Å². The van der Waals surface area contributed by atoms with Crippen molar-refractivity contribution in [3.63, 3.8) is 0 Å². The first-order valence-electron chi connectivity index (χ1n) is 7.42. The Morgan fingerprint density at radius 1 is 1.25 bits per heavy atom. The van der Waals surface area contributed by atoms with E-state index in [4.69, 9.17) is 9.47 Å². The molecule has 0 saturated heterocycles. The summed E-state index contributed by atoms with van der Waals surface area (Å²) in [5, 5.41) is 5.14. The summed E-state index contributed by atoms with van der Waals surface area (Å²) in [5.74, 6) is 0.373. The van der Waals surface area contributed by atoms with Gasteiger partial charge >= 0.3 is 5.97 Å². The summed E-state index contributed by atoms with van der Waals surface area (Å²) >= 11 is 1.39. The van der Waals surface area contributed by atoms with Crippen molar-refractivity contribution in [2.75, 3.05) is 20.0 Å². The molecule has 0 bridgehead atoms. The van der Waals surface area contributed by atoms with Crippen molar-refractivity contribution in [3.8, 4) is 17.0 Å². The summed E-state index contributed by atoms with van der Waals surface area (Å²) in [6, 6.07) is 9.51. The van der Waals surface area contributed by atoms with Gasteiger partial charge in [0.1, 0.15) is 16.3 Å². The van der Waals surface area contributed by atoms with Gasteiger partial charge in [0, 0.05) is 11.8 Å². The lowest BCUT2D eigenvalue weighted by Gasteiger charge is -2.06. The van der Waals surface area contributed by atoms with Gasteiger partial charge in [-0.3, -0.25) is 0 Å². The summed E-state index contributed by atoms with van der Waals surface area (Å²) in [6.45, 7) is 2.08. The molecule has 0 aliphatic heterocycles. The van der Waals surface area contributed by atoms with Crippen LogP contribution in [0, 0.1) is 0 Å². The highest BCUT2D eigenvalue weighted by Gasteiger charge is 2.23. The Hall–Kier alpha value is -2.54. The Morgan fingerprint density at radius 2 is 2.00 bits per heavy atom. The number of hydrogen-bond acceptors (Lipinski definition) is 6. The van der Waals surface area contributed by atoms with Gasteiger partial charge in [0.15, 0.2) is 5.65 Å². The Labute approximate surface area is 143 Å². The molecular weight excluding hydrogens is 326 g/mol. The van der Waals surface area contributed by atoms with Crippen LogP contribution in [0.1, 0.15) is 17.3 Å². The number of nitrogens with zero attached hydrogens (tertiary/aromatic N) is 3. The zero-order valence-electron chi connectivity index (χ0n) is 13.6. The van der Waals surface area contributed by atoms with Crippen LogP contribution in [-0.4, -0.2) is 40.5 Å². The molecular formula is C17H17N3O3S. The predicted molar refractivity (Wildman–Crippen MR) is 92.7 cm³/mol. The molecule has 0 radical (unpaired) electrons. The first kappa shape index (κ1) is 16.3. The fraction of sp³-hybridized carbons (Fsp3) is 0.235. The second kappa shape index (κ2) is 6.92. The number of carbonyl (C=O) groups excluding carboxylic acids is 1. The Bertz CT molecular complexity index is 875. The average molecular weight is 343 g/mol. The number of carbonyl (C=O) groups is 1. The largest absolute Gasteiger partial charge is 0.497 e. The molecule has 7 heteroatoms. The molecule has 2 heterocycles. The molecule has 124 valence electrons. The molecule has 24 heavy (non-hydrogen) atoms. The Balaban J connectivity index is 2.18. The lowest BCUT2D eigenvalue weighted by Crippen LogP contribution is -2.06. The van der Waals surface area contributed by atoms with Crippen molar-refractivity contribution < 1.29 is 14.3 Å². The first-order chi connectivity index (χ1) is 11.7. The standard InChI is InChI=1S/C17H17N3O3S/c1-4-23-17(21)14-15-18-10-9-13(20(15)19-16(14)24-3)11-5-7-12(22-2)8-6-11/h5-10H,4H2,1-3H3. The van der Waals surface area contributed by atoms with Gasteiger partial charge in [-0.1, -0.05) is 0 Å². The van der Waals surface area contributed by atoms with Gasteiger partial charge in [0.05, 0.1) is 19.4 Å². The van der Waals surface area contributed by atoms with Gasteiger partial charge in [-0.25, -0.2) is 14.3 Å². The number of rotatable bonds is 5. The lowest BCUT2D eigenvalue weighted by atomic mass is 10.1. The van der Waals surface area contributed by atoms with E-state index in [1.807, 2.05) is 36.6 Å². The van der Waals surface area contributed by atoms with Gasteiger partial charge in [0.25, 0.3) is 0 Å². The zero-order chi connectivity index (χ0) is 17.1. The molecule has 0 N–H and O–H groups in total. The van der Waals surface area contributed by atoms with Crippen molar-refractivity contribution >= 4 is 23.4 Å². The molecule has 0 fully saturated rings. The molecule has 0 atom stereocenters. The van der Waals surface area contributed by atoms with Crippen LogP contribution in [0.2, 0.25) is 0 Å². The van der Waals surface area contributed by atoms with Gasteiger partial charge in [-0.2, -0.15) is 5.10 Å². The Kier molecular flexibility index (Phi) is 4.71. The number of thioether (sulfide) groups is 1. The normalized spacial score (nSPS) is 10.8. The van der Waals surface area contributed by atoms with E-state index in [9.17, 15) is 4.79 Å². The van der Waals surface area contributed by atoms with Crippen LogP contribution in [0.25, 0.3) is 16.9 Å². The number of esters is 1. The number of fused-ring (bicyclic) bond motifs is 1. The van der Waals surface area contributed by atoms with Gasteiger partial charge < -0.3 is 9.47 Å². The zero-order valence-corrected chi connectivity index (χ0v) is 14.5. The third-order valence-electron chi connectivity index (χ3n) is 3.55. The number of hydrogen-bond donors (Lipinski definition) is 0. The van der Waals surface area contributed by atoms with E-state index in [0.29, 0.717) is 22.8 Å². The van der Waals surface area contributed by atoms with Crippen LogP contribution in [-0.2, 0) is 4.74 Å². The minimum Gasteiger partial charge on any atom is -0.497 e. The molecule has 0 spiro atoms. The number of methoxy groups -OCH3 is 1. The fourth-order valence-corrected chi connectivity index (χ4v) is 2.97. The fourth-order valence-electron chi connectivity index (χ4n) is 2.43. The summed E-state index contributed by atoms with van der Waals surface area (Å²) < 4.78 is 12.0. The molecule has 3 rings (SSSR count). The van der Waals surface area contributed by atoms with Crippen molar-refractivity contribution in [1.29, 1.82) is 0 Å². The van der Waals surface area contributed by atoms with Gasteiger partial charge in [-0.15, -0.1) is 11.8 Å². The SMILES string of the molecule is CCOC(=O)c1c(SC)nn2c(-c3ccc(OC)cc3)ccnc12. The smallest absolute Gasteiger partial charge is 0.344 e. The van der Waals surface area contributed by atoms with Crippen LogP contribution in [0.3, 0.4) is 0 Å². The highest BCUT2D eigenvalue weighted by molar-refractivity contribution is 7.98. The van der Waals surface area contributed by atoms with Crippen molar-refractivity contribution in [1.82, 2.24) is 14.6 Å². The lowest BCUT2D eigenvalue weighted by molar-refractivity contribution is 0.0524. The quantitative estimate of drug-likeness (QED) is 0.523. The molecule has 0 amide bonds. The van der Waals surface area contributed by atoms with Gasteiger partial charge in [-0.05, 0) is 43.5 Å². The van der Waals surface area contributed by atoms with Crippen molar-refractivity contribution in [2.24, 2.45) is 0 Å². The van der Waals surface area contributed by atoms with E-state index in [2.05, 4.69) is 10.1 Å². The highest BCUT2D eigenvalue weighted by Crippen LogP contribution is 2.28. The third-order valence-corrected chi connectivity index (χ3v) is 4.22. The number of ether oxygens (including phenoxy) is 2. The topological polar surface area (TPSA) is 65.7 Å². The van der Waals surface area contributed by atoms with Gasteiger partial charge in [0.2, 0.25) is 0 Å². The molecule has 0 aliphatic carbocycles. The van der Waals surface area contributed by atoms with Crippen LogP contribution in [0.15, 0.2) is 41.6 Å². The number of aromatic nitrogens is 3. The second-order valence-corrected chi connectivity index (χ2v) is 5.69. The molecule has 2 aromatic heterocycles. The number of benzene rings is 1. The highest BCUT2D eigenvalue weighted by atomic mass is 32.2. The molecule has 0 aliphatic rings. The first-order valence-corrected chi connectivity index (χ1v) is 8.65. The van der Waals surface area contributed by atoms with Crippen LogP contribution < -0.4 is 4.74 Å². The maximum absolute atomic E-state index is 12.3. The van der Waals surface area contributed by atoms with E-state index in [1.54, 1.807) is 24.7 Å². The maximum atomic E-state index is 12.3. The second-order valence-electron chi connectivity index (χ2n) is 4.90. The average Bonchev–Trinajstić information content (AvgIpc) is 3.00. The summed E-state index contributed by atoms with van der Waals surface area (Å²) in [7, 11) is 1.63. The van der Waals surface area contributed by atoms with Crippen molar-refractivity contribution in [2.45, 2.75) is 11.9 Å². The molecule has 0 unspecified atom stereocenters. The summed E-state index contributed by atoms with van der Waals surface area (Å²) in [6.07, 6.45) is 3.54. The minimum atomic E-state index is -0.406. The van der Waals surface area contributed by atoms with E-state index in [1.165, 1.54) is 11.8 Å². The summed E-state index contributed by atoms with van der Waals surface area (Å²) in [4.78, 5) is 16.6. The minimum absolute atomic E-state index is 0.308. The van der Waals surface area contributed by atoms with E-state index >= 15 is 0 Å². The molecule has 1 aromatic carbocycles. The molecule has 3 aromatic rings. The van der Waals surface area contributed by atoms with E-state index < -0.39 is 5.97 Å². The Morgan fingerprint density at radius 3 is 2.62 bits per heavy atom. The third kappa shape index (κ3) is 2.82. The predicted octanol–water partition coefficient (Wildman–Crippen LogP) is 3.30. The molecule has 6 nitrogen and oxygen atoms in total. The monoisotopic (exact) mass is 343 g/mol. The van der Waals surface area contributed by atoms with Crippen LogP contribution in [0.5, 0.6) is 5.75 Å². The van der Waals surface area contributed by atoms with E-state index in [-0.39, 0.29) is 0 Å².